The third-order valence-corrected chi connectivity index (χ3v) is 5.36. The van der Waals surface area contributed by atoms with E-state index in [-0.39, 0.29) is 17.8 Å². The summed E-state index contributed by atoms with van der Waals surface area (Å²) in [6.45, 7) is 6.85. The van der Waals surface area contributed by atoms with Crippen molar-refractivity contribution in [2.75, 3.05) is 13.1 Å². The molecule has 1 aromatic carbocycles. The zero-order valence-electron chi connectivity index (χ0n) is 16.3. The number of hydrogen-bond donors (Lipinski definition) is 0. The molecule has 27 heavy (non-hydrogen) atoms. The Morgan fingerprint density at radius 3 is 2.78 bits per heavy atom. The number of piperidine rings is 1. The van der Waals surface area contributed by atoms with E-state index in [1.807, 2.05) is 46.0 Å². The Balaban J connectivity index is 1.67. The fraction of sp³-hybridized carbons (Fsp3) is 0.550. The summed E-state index contributed by atoms with van der Waals surface area (Å²) in [5, 5.41) is 5.26. The van der Waals surface area contributed by atoms with Crippen LogP contribution in [0.2, 0.25) is 0 Å². The average molecular weight is 436 g/mol. The molecule has 1 saturated heterocycles. The van der Waals surface area contributed by atoms with E-state index in [9.17, 15) is 9.59 Å². The van der Waals surface area contributed by atoms with Crippen LogP contribution in [0.15, 0.2) is 22.8 Å². The minimum absolute atomic E-state index is 0.101. The zero-order valence-corrected chi connectivity index (χ0v) is 17.9. The first-order chi connectivity index (χ1) is 12.6. The fourth-order valence-corrected chi connectivity index (χ4v) is 4.06. The van der Waals surface area contributed by atoms with Crippen molar-refractivity contribution in [2.45, 2.75) is 45.6 Å². The second-order valence-electron chi connectivity index (χ2n) is 8.21. The van der Waals surface area contributed by atoms with Crippen molar-refractivity contribution in [3.05, 3.63) is 28.4 Å². The lowest BCUT2D eigenvalue weighted by Gasteiger charge is -2.34. The van der Waals surface area contributed by atoms with Crippen LogP contribution in [0, 0.1) is 5.92 Å². The van der Waals surface area contributed by atoms with Crippen molar-refractivity contribution in [3.63, 3.8) is 0 Å². The molecule has 1 fully saturated rings. The van der Waals surface area contributed by atoms with Crippen LogP contribution >= 0.6 is 15.9 Å². The average Bonchev–Trinajstić information content (AvgIpc) is 2.87. The standard InChI is InChI=1S/C20H26BrN3O3/c1-20(2,3)27-19(26)24-9-5-6-13(12-24)10-17(25)14-7-8-16-15(11-14)18(21)22-23(16)4/h7-8,11,13H,5-6,9-10,12H2,1-4H3/t13-/m0/s1. The van der Waals surface area contributed by atoms with E-state index < -0.39 is 5.60 Å². The number of hydrogen-bond acceptors (Lipinski definition) is 4. The molecule has 146 valence electrons. The largest absolute Gasteiger partial charge is 0.444 e. The van der Waals surface area contributed by atoms with E-state index in [0.717, 1.165) is 28.3 Å². The molecule has 2 heterocycles. The van der Waals surface area contributed by atoms with E-state index in [1.165, 1.54) is 0 Å². The number of ether oxygens (including phenoxy) is 1. The normalized spacial score (nSPS) is 18.0. The Hall–Kier alpha value is -1.89. The summed E-state index contributed by atoms with van der Waals surface area (Å²) in [6, 6.07) is 5.67. The number of carbonyl (C=O) groups is 2. The first-order valence-electron chi connectivity index (χ1n) is 9.27. The zero-order chi connectivity index (χ0) is 19.8. The maximum atomic E-state index is 12.8. The van der Waals surface area contributed by atoms with Gasteiger partial charge in [0.2, 0.25) is 0 Å². The van der Waals surface area contributed by atoms with Crippen LogP contribution in [-0.4, -0.2) is 45.2 Å². The quantitative estimate of drug-likeness (QED) is 0.662. The molecular weight excluding hydrogens is 410 g/mol. The number of benzene rings is 1. The van der Waals surface area contributed by atoms with Gasteiger partial charge < -0.3 is 9.64 Å². The first-order valence-corrected chi connectivity index (χ1v) is 10.1. The van der Waals surface area contributed by atoms with Gasteiger partial charge in [0.1, 0.15) is 10.2 Å². The maximum Gasteiger partial charge on any atom is 0.410 e. The molecule has 1 aromatic heterocycles. The van der Waals surface area contributed by atoms with Crippen molar-refractivity contribution < 1.29 is 14.3 Å². The summed E-state index contributed by atoms with van der Waals surface area (Å²) in [6.07, 6.45) is 1.98. The highest BCUT2D eigenvalue weighted by atomic mass is 79.9. The van der Waals surface area contributed by atoms with Gasteiger partial charge in [-0.2, -0.15) is 5.10 Å². The highest BCUT2D eigenvalue weighted by molar-refractivity contribution is 9.10. The lowest BCUT2D eigenvalue weighted by atomic mass is 9.91. The van der Waals surface area contributed by atoms with Gasteiger partial charge in [-0.15, -0.1) is 0 Å². The van der Waals surface area contributed by atoms with Gasteiger partial charge in [0.15, 0.2) is 5.78 Å². The molecule has 3 rings (SSSR count). The molecule has 1 aliphatic rings. The monoisotopic (exact) mass is 435 g/mol. The second-order valence-corrected chi connectivity index (χ2v) is 8.96. The molecule has 0 radical (unpaired) electrons. The number of amides is 1. The Kier molecular flexibility index (Phi) is 5.60. The molecule has 0 spiro atoms. The van der Waals surface area contributed by atoms with E-state index in [1.54, 1.807) is 9.58 Å². The molecule has 1 amide bonds. The topological polar surface area (TPSA) is 64.4 Å². The van der Waals surface area contributed by atoms with Crippen molar-refractivity contribution in [1.29, 1.82) is 0 Å². The smallest absolute Gasteiger partial charge is 0.410 e. The Morgan fingerprint density at radius 1 is 1.33 bits per heavy atom. The lowest BCUT2D eigenvalue weighted by Crippen LogP contribution is -2.43. The number of aromatic nitrogens is 2. The maximum absolute atomic E-state index is 12.8. The number of rotatable bonds is 3. The number of nitrogens with zero attached hydrogens (tertiary/aromatic N) is 3. The van der Waals surface area contributed by atoms with Crippen molar-refractivity contribution in [2.24, 2.45) is 13.0 Å². The van der Waals surface area contributed by atoms with E-state index in [0.29, 0.717) is 25.1 Å². The van der Waals surface area contributed by atoms with E-state index in [2.05, 4.69) is 21.0 Å². The third kappa shape index (κ3) is 4.69. The van der Waals surface area contributed by atoms with Gasteiger partial charge in [0, 0.05) is 37.5 Å². The van der Waals surface area contributed by atoms with Crippen molar-refractivity contribution >= 4 is 38.7 Å². The van der Waals surface area contributed by atoms with Crippen LogP contribution in [0.4, 0.5) is 4.79 Å². The van der Waals surface area contributed by atoms with Gasteiger partial charge in [-0.05, 0) is 73.7 Å². The van der Waals surface area contributed by atoms with Gasteiger partial charge in [0.25, 0.3) is 0 Å². The molecule has 0 unspecified atom stereocenters. The number of ketones is 1. The van der Waals surface area contributed by atoms with Gasteiger partial charge in [-0.1, -0.05) is 0 Å². The second kappa shape index (κ2) is 7.62. The highest BCUT2D eigenvalue weighted by Gasteiger charge is 2.29. The highest BCUT2D eigenvalue weighted by Crippen LogP contribution is 2.27. The molecular formula is C20H26BrN3O3. The van der Waals surface area contributed by atoms with Gasteiger partial charge in [-0.3, -0.25) is 9.48 Å². The molecule has 0 bridgehead atoms. The van der Waals surface area contributed by atoms with Gasteiger partial charge in [-0.25, -0.2) is 4.79 Å². The summed E-state index contributed by atoms with van der Waals surface area (Å²) in [4.78, 5) is 26.8. The fourth-order valence-electron chi connectivity index (χ4n) is 3.50. The number of halogens is 1. The summed E-state index contributed by atoms with van der Waals surface area (Å²) in [7, 11) is 1.88. The van der Waals surface area contributed by atoms with Crippen LogP contribution < -0.4 is 0 Å². The Labute approximate surface area is 168 Å². The number of aryl methyl sites for hydroxylation is 1. The number of likely N-dealkylation sites (tertiary alicyclic amines) is 1. The van der Waals surface area contributed by atoms with Gasteiger partial charge >= 0.3 is 6.09 Å². The molecule has 1 aliphatic heterocycles. The molecule has 0 saturated carbocycles. The number of fused-ring (bicyclic) bond motifs is 1. The van der Waals surface area contributed by atoms with Crippen LogP contribution in [0.25, 0.3) is 10.9 Å². The molecule has 2 aromatic rings. The van der Waals surface area contributed by atoms with Crippen molar-refractivity contribution in [1.82, 2.24) is 14.7 Å². The Bertz CT molecular complexity index is 869. The van der Waals surface area contributed by atoms with Gasteiger partial charge in [0.05, 0.1) is 5.52 Å². The molecule has 6 nitrogen and oxygen atoms in total. The first kappa shape index (κ1) is 19.9. The summed E-state index contributed by atoms with van der Waals surface area (Å²) >= 11 is 3.45. The number of carbonyl (C=O) groups excluding carboxylic acids is 2. The lowest BCUT2D eigenvalue weighted by molar-refractivity contribution is 0.0161. The Morgan fingerprint density at radius 2 is 2.07 bits per heavy atom. The van der Waals surface area contributed by atoms with Crippen LogP contribution in [0.1, 0.15) is 50.4 Å². The van der Waals surface area contributed by atoms with E-state index >= 15 is 0 Å². The minimum Gasteiger partial charge on any atom is -0.444 e. The molecule has 7 heteroatoms. The van der Waals surface area contributed by atoms with Crippen LogP contribution in [0.3, 0.4) is 0 Å². The van der Waals surface area contributed by atoms with Crippen molar-refractivity contribution in [3.8, 4) is 0 Å². The molecule has 0 aliphatic carbocycles. The predicted molar refractivity (Wildman–Crippen MR) is 108 cm³/mol. The number of Topliss-reactive ketones (excluding diaryl/α,β-unsaturated/α-hetero) is 1. The SMILES string of the molecule is Cn1nc(Br)c2cc(C(=O)C[C@@H]3CCCN(C(=O)OC(C)(C)C)C3)ccc21. The summed E-state index contributed by atoms with van der Waals surface area (Å²) in [5.74, 6) is 0.260. The van der Waals surface area contributed by atoms with Crippen LogP contribution in [-0.2, 0) is 11.8 Å². The third-order valence-electron chi connectivity index (χ3n) is 4.77. The molecule has 1 atom stereocenters. The predicted octanol–water partition coefficient (Wildman–Crippen LogP) is 4.56. The van der Waals surface area contributed by atoms with E-state index in [4.69, 9.17) is 4.74 Å². The summed E-state index contributed by atoms with van der Waals surface area (Å²) in [5.41, 5.74) is 1.16. The van der Waals surface area contributed by atoms with Crippen LogP contribution in [0.5, 0.6) is 0 Å². The minimum atomic E-state index is -0.508. The molecule has 0 N–H and O–H groups in total. The summed E-state index contributed by atoms with van der Waals surface area (Å²) < 4.78 is 7.99.